The fraction of sp³-hybridized carbons (Fsp3) is 0.478. The minimum absolute atomic E-state index is 0.00234. The Morgan fingerprint density at radius 3 is 2.71 bits per heavy atom. The van der Waals surface area contributed by atoms with Crippen molar-refractivity contribution in [2.24, 2.45) is 5.73 Å². The van der Waals surface area contributed by atoms with Gasteiger partial charge in [-0.1, -0.05) is 0 Å². The average Bonchev–Trinajstić information content (AvgIpc) is 3.46. The van der Waals surface area contributed by atoms with Crippen molar-refractivity contribution < 1.29 is 9.13 Å². The summed E-state index contributed by atoms with van der Waals surface area (Å²) in [5, 5.41) is 0.180. The van der Waals surface area contributed by atoms with Crippen LogP contribution in [0.1, 0.15) is 60.6 Å². The largest absolute Gasteiger partial charge is 0.494 e. The molecule has 31 heavy (non-hydrogen) atoms. The highest BCUT2D eigenvalue weighted by Crippen LogP contribution is 2.48. The fourth-order valence-electron chi connectivity index (χ4n) is 4.99. The maximum absolute atomic E-state index is 15.8. The highest BCUT2D eigenvalue weighted by atomic mass is 32.1. The number of benzene rings is 1. The standard InChI is InChI=1S/C23H26FN3O3S/c1-10-17-20(27(12-7-8-12)23(29)26-22(17)28)21(30-3)18(19(10)24)16-9-14-13(11(2)25)5-4-6-15(14)31-16/h9,11-13H,4-8,25H2,1-3H3,(H,26,28,29). The van der Waals surface area contributed by atoms with Crippen LogP contribution >= 0.6 is 11.3 Å². The Morgan fingerprint density at radius 2 is 2.06 bits per heavy atom. The average molecular weight is 444 g/mol. The van der Waals surface area contributed by atoms with Gasteiger partial charge in [0.1, 0.15) is 11.3 Å². The van der Waals surface area contributed by atoms with E-state index in [0.29, 0.717) is 11.1 Å². The Kier molecular flexibility index (Phi) is 4.82. The summed E-state index contributed by atoms with van der Waals surface area (Å²) >= 11 is 1.56. The molecule has 2 heterocycles. The molecule has 2 aliphatic rings. The lowest BCUT2D eigenvalue weighted by molar-refractivity contribution is 0.415. The highest BCUT2D eigenvalue weighted by molar-refractivity contribution is 7.15. The molecule has 3 aromatic rings. The lowest BCUT2D eigenvalue weighted by Gasteiger charge is -2.25. The Labute approximate surface area is 182 Å². The van der Waals surface area contributed by atoms with Crippen molar-refractivity contribution in [3.8, 4) is 16.2 Å². The Hall–Kier alpha value is -2.45. The van der Waals surface area contributed by atoms with Crippen LogP contribution in [0.3, 0.4) is 0 Å². The van der Waals surface area contributed by atoms with E-state index in [-0.39, 0.29) is 34.7 Å². The number of methoxy groups -OCH3 is 1. The molecular weight excluding hydrogens is 417 g/mol. The smallest absolute Gasteiger partial charge is 0.329 e. The molecule has 6 nitrogen and oxygen atoms in total. The summed E-state index contributed by atoms with van der Waals surface area (Å²) in [7, 11) is 1.47. The number of aromatic nitrogens is 2. The zero-order chi connectivity index (χ0) is 22.0. The SMILES string of the molecule is COc1c(-c2cc3c(s2)CCCC3C(C)N)c(F)c(C)c2c(=O)[nH]c(=O)n(C3CC3)c12. The van der Waals surface area contributed by atoms with Crippen LogP contribution in [-0.4, -0.2) is 22.7 Å². The second-order valence-electron chi connectivity index (χ2n) is 8.78. The van der Waals surface area contributed by atoms with Crippen molar-refractivity contribution in [3.63, 3.8) is 0 Å². The zero-order valence-corrected chi connectivity index (χ0v) is 18.7. The summed E-state index contributed by atoms with van der Waals surface area (Å²) in [6.45, 7) is 3.61. The van der Waals surface area contributed by atoms with Crippen LogP contribution < -0.4 is 21.7 Å². The summed E-state index contributed by atoms with van der Waals surface area (Å²) in [5.41, 5.74) is 7.32. The minimum atomic E-state index is -0.583. The molecule has 1 aromatic carbocycles. The van der Waals surface area contributed by atoms with Crippen LogP contribution in [0.25, 0.3) is 21.3 Å². The Balaban J connectivity index is 1.85. The topological polar surface area (TPSA) is 90.1 Å². The number of rotatable bonds is 4. The molecule has 0 amide bonds. The monoisotopic (exact) mass is 443 g/mol. The maximum atomic E-state index is 15.8. The molecule has 2 unspecified atom stereocenters. The number of fused-ring (bicyclic) bond motifs is 2. The van der Waals surface area contributed by atoms with Crippen LogP contribution in [0.15, 0.2) is 15.7 Å². The Bertz CT molecular complexity index is 1320. The number of hydrogen-bond acceptors (Lipinski definition) is 5. The van der Waals surface area contributed by atoms with Crippen molar-refractivity contribution in [2.45, 2.75) is 64.0 Å². The van der Waals surface area contributed by atoms with E-state index in [0.717, 1.165) is 37.0 Å². The van der Waals surface area contributed by atoms with Gasteiger partial charge in [0, 0.05) is 27.4 Å². The predicted octanol–water partition coefficient (Wildman–Crippen LogP) is 3.98. The first-order chi connectivity index (χ1) is 14.8. The van der Waals surface area contributed by atoms with Gasteiger partial charge in [-0.25, -0.2) is 9.18 Å². The van der Waals surface area contributed by atoms with Crippen LogP contribution in [0, 0.1) is 12.7 Å². The van der Waals surface area contributed by atoms with E-state index in [9.17, 15) is 9.59 Å². The summed E-state index contributed by atoms with van der Waals surface area (Å²) in [6, 6.07) is 2.05. The van der Waals surface area contributed by atoms with Crippen LogP contribution in [0.4, 0.5) is 4.39 Å². The summed E-state index contributed by atoms with van der Waals surface area (Å²) in [4.78, 5) is 29.7. The lowest BCUT2D eigenvalue weighted by atomic mass is 9.83. The van der Waals surface area contributed by atoms with Crippen LogP contribution in [0.2, 0.25) is 0 Å². The number of halogens is 1. The van der Waals surface area contributed by atoms with E-state index >= 15 is 4.39 Å². The first kappa shape index (κ1) is 20.5. The summed E-state index contributed by atoms with van der Waals surface area (Å²) in [5.74, 6) is 0.0211. The minimum Gasteiger partial charge on any atom is -0.494 e. The van der Waals surface area contributed by atoms with Crippen molar-refractivity contribution in [1.82, 2.24) is 9.55 Å². The second kappa shape index (κ2) is 7.31. The quantitative estimate of drug-likeness (QED) is 0.638. The number of nitrogens with zero attached hydrogens (tertiary/aromatic N) is 1. The number of nitrogens with one attached hydrogen (secondary N) is 1. The molecule has 2 aromatic heterocycles. The molecule has 0 spiro atoms. The molecule has 5 rings (SSSR count). The van der Waals surface area contributed by atoms with Crippen LogP contribution in [0.5, 0.6) is 5.75 Å². The van der Waals surface area contributed by atoms with Crippen molar-refractivity contribution in [2.75, 3.05) is 7.11 Å². The van der Waals surface area contributed by atoms with Crippen molar-refractivity contribution in [3.05, 3.63) is 48.7 Å². The van der Waals surface area contributed by atoms with Crippen LogP contribution in [-0.2, 0) is 6.42 Å². The molecule has 0 aliphatic heterocycles. The molecular formula is C23H26FN3O3S. The van der Waals surface area contributed by atoms with Gasteiger partial charge in [0.15, 0.2) is 5.75 Å². The fourth-order valence-corrected chi connectivity index (χ4v) is 6.31. The number of thiophene rings is 1. The maximum Gasteiger partial charge on any atom is 0.329 e. The van der Waals surface area contributed by atoms with Crippen molar-refractivity contribution in [1.29, 1.82) is 0 Å². The summed E-state index contributed by atoms with van der Waals surface area (Å²) < 4.78 is 23.1. The number of H-pyrrole nitrogens is 1. The molecule has 0 saturated heterocycles. The molecule has 1 fully saturated rings. The first-order valence-electron chi connectivity index (χ1n) is 10.8. The van der Waals surface area contributed by atoms with E-state index in [1.165, 1.54) is 17.6 Å². The van der Waals surface area contributed by atoms with E-state index in [1.54, 1.807) is 22.8 Å². The van der Waals surface area contributed by atoms with Gasteiger partial charge in [0.2, 0.25) is 0 Å². The van der Waals surface area contributed by atoms with Gasteiger partial charge in [-0.15, -0.1) is 11.3 Å². The lowest BCUT2D eigenvalue weighted by Crippen LogP contribution is -2.31. The normalized spacial score (nSPS) is 19.5. The zero-order valence-electron chi connectivity index (χ0n) is 17.9. The highest BCUT2D eigenvalue weighted by Gasteiger charge is 2.33. The first-order valence-corrected chi connectivity index (χ1v) is 11.6. The molecule has 3 N–H and O–H groups in total. The molecule has 2 atom stereocenters. The van der Waals surface area contributed by atoms with Gasteiger partial charge in [-0.2, -0.15) is 0 Å². The number of aryl methyl sites for hydroxylation is 2. The van der Waals surface area contributed by atoms with Gasteiger partial charge in [-0.05, 0) is 63.5 Å². The molecule has 8 heteroatoms. The summed E-state index contributed by atoms with van der Waals surface area (Å²) in [6.07, 6.45) is 4.73. The third-order valence-corrected chi connectivity index (χ3v) is 7.90. The third-order valence-electron chi connectivity index (χ3n) is 6.67. The number of aromatic amines is 1. The molecule has 2 aliphatic carbocycles. The van der Waals surface area contributed by atoms with E-state index in [2.05, 4.69) is 4.98 Å². The van der Waals surface area contributed by atoms with Gasteiger partial charge in [0.25, 0.3) is 5.56 Å². The number of nitrogens with two attached hydrogens (primary N) is 1. The second-order valence-corrected chi connectivity index (χ2v) is 9.92. The van der Waals surface area contributed by atoms with E-state index in [4.69, 9.17) is 10.5 Å². The molecule has 1 saturated carbocycles. The van der Waals surface area contributed by atoms with Gasteiger partial charge in [0.05, 0.1) is 18.1 Å². The van der Waals surface area contributed by atoms with E-state index < -0.39 is 17.1 Å². The van der Waals surface area contributed by atoms with Gasteiger partial charge in [-0.3, -0.25) is 14.3 Å². The number of ether oxygens (including phenoxy) is 1. The Morgan fingerprint density at radius 1 is 1.32 bits per heavy atom. The van der Waals surface area contributed by atoms with Crippen molar-refractivity contribution >= 4 is 22.2 Å². The van der Waals surface area contributed by atoms with Gasteiger partial charge >= 0.3 is 5.69 Å². The van der Waals surface area contributed by atoms with Gasteiger partial charge < -0.3 is 10.5 Å². The predicted molar refractivity (Wildman–Crippen MR) is 121 cm³/mol. The molecule has 164 valence electrons. The molecule has 0 bridgehead atoms. The molecule has 0 radical (unpaired) electrons. The third kappa shape index (κ3) is 3.07. The van der Waals surface area contributed by atoms with E-state index in [1.807, 2.05) is 13.0 Å². The number of hydrogen-bond donors (Lipinski definition) is 2.